The van der Waals surface area contributed by atoms with Crippen molar-refractivity contribution in [3.8, 4) is 0 Å². The summed E-state index contributed by atoms with van der Waals surface area (Å²) in [6.45, 7) is 2.07. The number of carboxylic acid groups (broad SMARTS) is 1. The Morgan fingerprint density at radius 2 is 1.85 bits per heavy atom. The van der Waals surface area contributed by atoms with Gasteiger partial charge in [0.1, 0.15) is 0 Å². The molecule has 2 saturated carbocycles. The normalized spacial score (nSPS) is 24.8. The lowest BCUT2D eigenvalue weighted by atomic mass is 9.78. The van der Waals surface area contributed by atoms with Crippen LogP contribution in [0, 0.1) is 0 Å². The minimum absolute atomic E-state index is 0.609. The first-order chi connectivity index (χ1) is 9.69. The molecule has 2 aliphatic carbocycles. The zero-order valence-corrected chi connectivity index (χ0v) is 11.8. The first kappa shape index (κ1) is 12.4. The first-order valence-corrected chi connectivity index (χ1v) is 7.79. The van der Waals surface area contributed by atoms with Crippen LogP contribution in [0.3, 0.4) is 0 Å². The molecule has 0 bridgehead atoms. The maximum Gasteiger partial charge on any atom is 0.314 e. The molecule has 1 aromatic carbocycles. The van der Waals surface area contributed by atoms with Crippen LogP contribution in [0.5, 0.6) is 0 Å². The number of hydrogen-bond acceptors (Lipinski definition) is 2. The van der Waals surface area contributed by atoms with Gasteiger partial charge in [-0.05, 0) is 42.4 Å². The van der Waals surface area contributed by atoms with Crippen molar-refractivity contribution in [1.82, 2.24) is 4.90 Å². The lowest BCUT2D eigenvalue weighted by Crippen LogP contribution is -2.32. The van der Waals surface area contributed by atoms with Crippen molar-refractivity contribution in [3.63, 3.8) is 0 Å². The summed E-state index contributed by atoms with van der Waals surface area (Å²) in [6, 6.07) is 7.23. The lowest BCUT2D eigenvalue weighted by molar-refractivity contribution is -0.143. The molecule has 3 aliphatic rings. The van der Waals surface area contributed by atoms with E-state index < -0.39 is 11.4 Å². The Bertz CT molecular complexity index is 556. The summed E-state index contributed by atoms with van der Waals surface area (Å²) in [6.07, 6.45) is 6.34. The van der Waals surface area contributed by atoms with E-state index in [9.17, 15) is 9.90 Å². The maximum absolute atomic E-state index is 11.8. The predicted octanol–water partition coefficient (Wildman–Crippen LogP) is 3.06. The van der Waals surface area contributed by atoms with Gasteiger partial charge in [0.2, 0.25) is 0 Å². The van der Waals surface area contributed by atoms with Gasteiger partial charge in [0.15, 0.2) is 0 Å². The van der Waals surface area contributed by atoms with Gasteiger partial charge in [0, 0.05) is 19.1 Å². The predicted molar refractivity (Wildman–Crippen MR) is 76.5 cm³/mol. The third-order valence-corrected chi connectivity index (χ3v) is 5.44. The minimum atomic E-state index is -0.632. The summed E-state index contributed by atoms with van der Waals surface area (Å²) in [5.41, 5.74) is 3.20. The lowest BCUT2D eigenvalue weighted by Gasteiger charge is -2.25. The highest BCUT2D eigenvalue weighted by Gasteiger charge is 2.43. The van der Waals surface area contributed by atoms with Crippen molar-refractivity contribution < 1.29 is 9.90 Å². The van der Waals surface area contributed by atoms with Crippen LogP contribution in [0.2, 0.25) is 0 Å². The molecule has 0 saturated heterocycles. The van der Waals surface area contributed by atoms with Crippen molar-refractivity contribution in [1.29, 1.82) is 0 Å². The van der Waals surface area contributed by atoms with E-state index in [1.165, 1.54) is 24.0 Å². The molecular weight excluding hydrogens is 250 g/mol. The zero-order valence-electron chi connectivity index (χ0n) is 11.8. The van der Waals surface area contributed by atoms with Gasteiger partial charge in [-0.1, -0.05) is 31.0 Å². The smallest absolute Gasteiger partial charge is 0.314 e. The molecular formula is C17H21NO2. The fraction of sp³-hybridized carbons (Fsp3) is 0.588. The van der Waals surface area contributed by atoms with E-state index >= 15 is 0 Å². The molecule has 2 fully saturated rings. The molecule has 3 nitrogen and oxygen atoms in total. The number of fused-ring (bicyclic) bond motifs is 1. The van der Waals surface area contributed by atoms with Gasteiger partial charge < -0.3 is 5.11 Å². The Morgan fingerprint density at radius 3 is 2.50 bits per heavy atom. The Labute approximate surface area is 119 Å². The third kappa shape index (κ3) is 1.80. The van der Waals surface area contributed by atoms with Crippen LogP contribution in [0.1, 0.15) is 55.2 Å². The van der Waals surface area contributed by atoms with E-state index in [-0.39, 0.29) is 0 Å². The third-order valence-electron chi connectivity index (χ3n) is 5.44. The summed E-state index contributed by atoms with van der Waals surface area (Å²) in [5.74, 6) is -0.632. The van der Waals surface area contributed by atoms with Crippen LogP contribution >= 0.6 is 0 Å². The molecule has 0 unspecified atom stereocenters. The quantitative estimate of drug-likeness (QED) is 0.918. The Morgan fingerprint density at radius 1 is 1.15 bits per heavy atom. The number of hydrogen-bond donors (Lipinski definition) is 1. The molecule has 0 atom stereocenters. The fourth-order valence-electron chi connectivity index (χ4n) is 4.02. The van der Waals surface area contributed by atoms with Gasteiger partial charge in [-0.3, -0.25) is 9.69 Å². The standard InChI is InChI=1S/C17H21NO2/c19-16(20)17(7-1-2-8-17)14-4-3-12-10-18(15-5-6-15)11-13(12)9-14/h3-4,9,15H,1-2,5-8,10-11H2,(H,19,20). The molecule has 1 aromatic rings. The first-order valence-electron chi connectivity index (χ1n) is 7.79. The zero-order chi connectivity index (χ0) is 13.7. The van der Waals surface area contributed by atoms with E-state index in [1.807, 2.05) is 0 Å². The number of nitrogens with zero attached hydrogens (tertiary/aromatic N) is 1. The SMILES string of the molecule is O=C(O)C1(c2ccc3c(c2)CN(C2CC2)C3)CCCC1. The Balaban J connectivity index is 1.67. The molecule has 1 heterocycles. The van der Waals surface area contributed by atoms with Gasteiger partial charge >= 0.3 is 5.97 Å². The number of carbonyl (C=O) groups is 1. The van der Waals surface area contributed by atoms with Crippen molar-refractivity contribution in [2.24, 2.45) is 0 Å². The van der Waals surface area contributed by atoms with Crippen molar-refractivity contribution in [2.45, 2.75) is 63.1 Å². The van der Waals surface area contributed by atoms with Gasteiger partial charge in [0.05, 0.1) is 5.41 Å². The summed E-state index contributed by atoms with van der Waals surface area (Å²) in [5, 5.41) is 9.71. The summed E-state index contributed by atoms with van der Waals surface area (Å²) < 4.78 is 0. The molecule has 0 aromatic heterocycles. The molecule has 1 aliphatic heterocycles. The summed E-state index contributed by atoms with van der Waals surface area (Å²) in [7, 11) is 0. The van der Waals surface area contributed by atoms with E-state index in [2.05, 4.69) is 23.1 Å². The second kappa shape index (κ2) is 4.32. The Kier molecular flexibility index (Phi) is 2.68. The fourth-order valence-corrected chi connectivity index (χ4v) is 4.02. The summed E-state index contributed by atoms with van der Waals surface area (Å²) >= 11 is 0. The highest BCUT2D eigenvalue weighted by atomic mass is 16.4. The average molecular weight is 271 g/mol. The second-order valence-corrected chi connectivity index (χ2v) is 6.71. The average Bonchev–Trinajstić information content (AvgIpc) is 3.02. The van der Waals surface area contributed by atoms with Crippen LogP contribution in [0.25, 0.3) is 0 Å². The molecule has 4 rings (SSSR count). The van der Waals surface area contributed by atoms with Crippen molar-refractivity contribution in [2.75, 3.05) is 0 Å². The molecule has 1 N–H and O–H groups in total. The molecule has 0 radical (unpaired) electrons. The minimum Gasteiger partial charge on any atom is -0.481 e. The van der Waals surface area contributed by atoms with Crippen LogP contribution in [-0.4, -0.2) is 22.0 Å². The van der Waals surface area contributed by atoms with E-state index in [1.54, 1.807) is 0 Å². The maximum atomic E-state index is 11.8. The van der Waals surface area contributed by atoms with Gasteiger partial charge in [-0.25, -0.2) is 0 Å². The van der Waals surface area contributed by atoms with Crippen molar-refractivity contribution in [3.05, 3.63) is 34.9 Å². The second-order valence-electron chi connectivity index (χ2n) is 6.71. The molecule has 0 spiro atoms. The van der Waals surface area contributed by atoms with Crippen LogP contribution < -0.4 is 0 Å². The molecule has 106 valence electrons. The molecule has 0 amide bonds. The Hall–Kier alpha value is -1.35. The van der Waals surface area contributed by atoms with Crippen molar-refractivity contribution >= 4 is 5.97 Å². The van der Waals surface area contributed by atoms with Crippen LogP contribution in [0.15, 0.2) is 18.2 Å². The number of benzene rings is 1. The highest BCUT2D eigenvalue weighted by molar-refractivity contribution is 5.82. The van der Waals surface area contributed by atoms with E-state index in [0.29, 0.717) is 0 Å². The highest BCUT2D eigenvalue weighted by Crippen LogP contribution is 2.43. The summed E-state index contributed by atoms with van der Waals surface area (Å²) in [4.78, 5) is 14.3. The van der Waals surface area contributed by atoms with Crippen LogP contribution in [0.4, 0.5) is 0 Å². The molecule has 20 heavy (non-hydrogen) atoms. The van der Waals surface area contributed by atoms with E-state index in [0.717, 1.165) is 50.4 Å². The topological polar surface area (TPSA) is 40.5 Å². The van der Waals surface area contributed by atoms with Gasteiger partial charge in [-0.2, -0.15) is 0 Å². The largest absolute Gasteiger partial charge is 0.481 e. The number of carboxylic acids is 1. The monoisotopic (exact) mass is 271 g/mol. The molecule has 3 heteroatoms. The van der Waals surface area contributed by atoms with Gasteiger partial charge in [0.25, 0.3) is 0 Å². The van der Waals surface area contributed by atoms with E-state index in [4.69, 9.17) is 0 Å². The van der Waals surface area contributed by atoms with Crippen LogP contribution in [-0.2, 0) is 23.3 Å². The number of aliphatic carboxylic acids is 1. The number of rotatable bonds is 3. The van der Waals surface area contributed by atoms with Gasteiger partial charge in [-0.15, -0.1) is 0 Å².